The van der Waals surface area contributed by atoms with Crippen LogP contribution in [-0.4, -0.2) is 16.6 Å². The Bertz CT molecular complexity index is 707. The molecule has 0 aliphatic carbocycles. The maximum Gasteiger partial charge on any atom is 0.269 e. The number of nitrogens with zero attached hydrogens (tertiary/aromatic N) is 1. The number of carbonyl (C=O) groups is 1. The molecule has 1 N–H and O–H groups in total. The smallest absolute Gasteiger partial charge is 0.269 e. The molecular weight excluding hydrogens is 380 g/mol. The Hall–Kier alpha value is -1.86. The number of nitro groups is 1. The summed E-state index contributed by atoms with van der Waals surface area (Å²) in [6, 6.07) is 13.9. The van der Waals surface area contributed by atoms with Crippen LogP contribution in [0.3, 0.4) is 0 Å². The number of carbonyl (C=O) groups excluding carboxylic acids is 1. The average Bonchev–Trinajstić information content (AvgIpc) is 2.53. The number of hydrogen-bond acceptors (Lipinski definition) is 4. The van der Waals surface area contributed by atoms with Crippen LogP contribution in [0.4, 0.5) is 5.69 Å². The van der Waals surface area contributed by atoms with Crippen LogP contribution in [0.15, 0.2) is 57.9 Å². The zero-order chi connectivity index (χ0) is 16.8. The van der Waals surface area contributed by atoms with Crippen molar-refractivity contribution in [2.45, 2.75) is 17.9 Å². The summed E-state index contributed by atoms with van der Waals surface area (Å²) in [5.41, 5.74) is 1.06. The van der Waals surface area contributed by atoms with Gasteiger partial charge in [-0.25, -0.2) is 0 Å². The molecule has 1 atom stereocenters. The summed E-state index contributed by atoms with van der Waals surface area (Å²) < 4.78 is 0.969. The van der Waals surface area contributed by atoms with Crippen LogP contribution in [0.5, 0.6) is 0 Å². The summed E-state index contributed by atoms with van der Waals surface area (Å²) in [5, 5.41) is 13.5. The first kappa shape index (κ1) is 17.5. The lowest BCUT2D eigenvalue weighted by Crippen LogP contribution is -2.28. The monoisotopic (exact) mass is 394 g/mol. The Morgan fingerprint density at radius 2 is 2.00 bits per heavy atom. The van der Waals surface area contributed by atoms with E-state index in [1.54, 1.807) is 12.1 Å². The van der Waals surface area contributed by atoms with E-state index in [9.17, 15) is 14.9 Å². The topological polar surface area (TPSA) is 72.2 Å². The zero-order valence-corrected chi connectivity index (χ0v) is 14.8. The van der Waals surface area contributed by atoms with E-state index in [0.717, 1.165) is 14.9 Å². The van der Waals surface area contributed by atoms with Crippen LogP contribution in [0.2, 0.25) is 0 Å². The molecule has 2 rings (SSSR count). The number of halogens is 1. The van der Waals surface area contributed by atoms with Gasteiger partial charge in [0.1, 0.15) is 0 Å². The predicted molar refractivity (Wildman–Crippen MR) is 94.5 cm³/mol. The maximum absolute atomic E-state index is 12.0. The minimum absolute atomic E-state index is 0.0436. The van der Waals surface area contributed by atoms with Gasteiger partial charge in [-0.1, -0.05) is 28.1 Å². The summed E-state index contributed by atoms with van der Waals surface area (Å²) in [6.07, 6.45) is 0. The fourth-order valence-corrected chi connectivity index (χ4v) is 3.08. The van der Waals surface area contributed by atoms with Gasteiger partial charge in [-0.2, -0.15) is 0 Å². The van der Waals surface area contributed by atoms with Crippen molar-refractivity contribution in [1.29, 1.82) is 0 Å². The third kappa shape index (κ3) is 5.37. The largest absolute Gasteiger partial charge is 0.349 e. The Morgan fingerprint density at radius 1 is 1.30 bits per heavy atom. The number of nitrogens with one attached hydrogen (secondary N) is 1. The minimum Gasteiger partial charge on any atom is -0.349 e. The summed E-state index contributed by atoms with van der Waals surface area (Å²) in [5.74, 6) is 0.178. The molecule has 5 nitrogen and oxygen atoms in total. The van der Waals surface area contributed by atoms with Crippen molar-refractivity contribution in [3.63, 3.8) is 0 Å². The van der Waals surface area contributed by atoms with Gasteiger partial charge in [-0.05, 0) is 36.8 Å². The van der Waals surface area contributed by atoms with Crippen molar-refractivity contribution < 1.29 is 9.72 Å². The summed E-state index contributed by atoms with van der Waals surface area (Å²) >= 11 is 4.75. The molecule has 120 valence electrons. The lowest BCUT2D eigenvalue weighted by atomic mass is 10.1. The van der Waals surface area contributed by atoms with Crippen LogP contribution in [0.1, 0.15) is 18.5 Å². The SMILES string of the molecule is CC(NC(=O)CSc1ccc([N+](=O)[O-])cc1)c1cccc(Br)c1. The second kappa shape index (κ2) is 8.12. The number of nitro benzene ring substituents is 1. The first-order valence-corrected chi connectivity index (χ1v) is 8.65. The summed E-state index contributed by atoms with van der Waals surface area (Å²) in [6.45, 7) is 1.93. The highest BCUT2D eigenvalue weighted by atomic mass is 79.9. The summed E-state index contributed by atoms with van der Waals surface area (Å²) in [7, 11) is 0. The lowest BCUT2D eigenvalue weighted by Gasteiger charge is -2.14. The molecule has 0 fully saturated rings. The molecule has 0 aliphatic rings. The van der Waals surface area contributed by atoms with Crippen molar-refractivity contribution in [1.82, 2.24) is 5.32 Å². The van der Waals surface area contributed by atoms with E-state index in [2.05, 4.69) is 21.2 Å². The molecule has 1 unspecified atom stereocenters. The number of thioether (sulfide) groups is 1. The van der Waals surface area contributed by atoms with Crippen molar-refractivity contribution in [2.24, 2.45) is 0 Å². The van der Waals surface area contributed by atoms with Crippen LogP contribution < -0.4 is 5.32 Å². The molecule has 2 aromatic carbocycles. The van der Waals surface area contributed by atoms with Gasteiger partial charge in [-0.3, -0.25) is 14.9 Å². The lowest BCUT2D eigenvalue weighted by molar-refractivity contribution is -0.384. The van der Waals surface area contributed by atoms with Gasteiger partial charge < -0.3 is 5.32 Å². The van der Waals surface area contributed by atoms with Gasteiger partial charge in [0.2, 0.25) is 5.91 Å². The maximum atomic E-state index is 12.0. The Labute approximate surface area is 146 Å². The fraction of sp³-hybridized carbons (Fsp3) is 0.188. The minimum atomic E-state index is -0.444. The van der Waals surface area contributed by atoms with Gasteiger partial charge >= 0.3 is 0 Å². The van der Waals surface area contributed by atoms with Crippen LogP contribution in [-0.2, 0) is 4.79 Å². The molecule has 1 amide bonds. The average molecular weight is 395 g/mol. The molecule has 0 radical (unpaired) electrons. The van der Waals surface area contributed by atoms with Gasteiger partial charge in [0, 0.05) is 21.5 Å². The van der Waals surface area contributed by atoms with Crippen molar-refractivity contribution in [3.8, 4) is 0 Å². The quantitative estimate of drug-likeness (QED) is 0.449. The normalized spacial score (nSPS) is 11.7. The molecule has 2 aromatic rings. The van der Waals surface area contributed by atoms with Crippen molar-refractivity contribution in [3.05, 3.63) is 68.7 Å². The Balaban J connectivity index is 1.86. The van der Waals surface area contributed by atoms with E-state index in [0.29, 0.717) is 0 Å². The summed E-state index contributed by atoms with van der Waals surface area (Å²) in [4.78, 5) is 23.0. The van der Waals surface area contributed by atoms with E-state index < -0.39 is 4.92 Å². The second-order valence-corrected chi connectivity index (χ2v) is 6.85. The highest BCUT2D eigenvalue weighted by molar-refractivity contribution is 9.10. The highest BCUT2D eigenvalue weighted by Gasteiger charge is 2.11. The molecule has 0 heterocycles. The van der Waals surface area contributed by atoms with Gasteiger partial charge in [0.25, 0.3) is 5.69 Å². The van der Waals surface area contributed by atoms with E-state index in [1.165, 1.54) is 23.9 Å². The highest BCUT2D eigenvalue weighted by Crippen LogP contribution is 2.22. The molecular formula is C16H15BrN2O3S. The number of amides is 1. The molecule has 0 aliphatic heterocycles. The zero-order valence-electron chi connectivity index (χ0n) is 12.4. The molecule has 0 aromatic heterocycles. The third-order valence-corrected chi connectivity index (χ3v) is 4.65. The first-order chi connectivity index (χ1) is 11.0. The molecule has 0 bridgehead atoms. The third-order valence-electron chi connectivity index (χ3n) is 3.14. The predicted octanol–water partition coefficient (Wildman–Crippen LogP) is 4.33. The van der Waals surface area contributed by atoms with E-state index >= 15 is 0 Å². The van der Waals surface area contributed by atoms with Crippen LogP contribution in [0.25, 0.3) is 0 Å². The number of non-ortho nitro benzene ring substituents is 1. The Kier molecular flexibility index (Phi) is 6.18. The van der Waals surface area contributed by atoms with Gasteiger partial charge in [0.15, 0.2) is 0 Å². The molecule has 7 heteroatoms. The van der Waals surface area contributed by atoms with Crippen molar-refractivity contribution in [2.75, 3.05) is 5.75 Å². The number of hydrogen-bond donors (Lipinski definition) is 1. The van der Waals surface area contributed by atoms with Crippen LogP contribution >= 0.6 is 27.7 Å². The van der Waals surface area contributed by atoms with Crippen LogP contribution in [0, 0.1) is 10.1 Å². The van der Waals surface area contributed by atoms with E-state index in [-0.39, 0.29) is 23.4 Å². The second-order valence-electron chi connectivity index (χ2n) is 4.88. The van der Waals surface area contributed by atoms with E-state index in [4.69, 9.17) is 0 Å². The van der Waals surface area contributed by atoms with E-state index in [1.807, 2.05) is 31.2 Å². The molecule has 0 spiro atoms. The number of benzene rings is 2. The van der Waals surface area contributed by atoms with Gasteiger partial charge in [-0.15, -0.1) is 11.8 Å². The molecule has 0 saturated carbocycles. The van der Waals surface area contributed by atoms with Gasteiger partial charge in [0.05, 0.1) is 16.7 Å². The molecule has 0 saturated heterocycles. The molecule has 23 heavy (non-hydrogen) atoms. The Morgan fingerprint density at radius 3 is 2.61 bits per heavy atom. The fourth-order valence-electron chi connectivity index (χ4n) is 1.96. The standard InChI is InChI=1S/C16H15BrN2O3S/c1-11(12-3-2-4-13(17)9-12)18-16(20)10-23-15-7-5-14(6-8-15)19(21)22/h2-9,11H,10H2,1H3,(H,18,20). The number of rotatable bonds is 6. The van der Waals surface area contributed by atoms with Crippen molar-refractivity contribution >= 4 is 39.3 Å². The first-order valence-electron chi connectivity index (χ1n) is 6.88.